The van der Waals surface area contributed by atoms with E-state index in [2.05, 4.69) is 9.50 Å². The molecule has 0 unspecified atom stereocenters. The lowest BCUT2D eigenvalue weighted by molar-refractivity contribution is 0.268. The number of hydrogen-bond donors (Lipinski definition) is 3. The molecule has 0 heterocycles. The molecule has 0 amide bonds. The minimum absolute atomic E-state index is 0.0419. The zero-order chi connectivity index (χ0) is 13.4. The first-order valence-electron chi connectivity index (χ1n) is 4.91. The van der Waals surface area contributed by atoms with E-state index in [1.807, 2.05) is 0 Å². The molecule has 17 heavy (non-hydrogen) atoms. The van der Waals surface area contributed by atoms with Crippen LogP contribution in [0.15, 0.2) is 0 Å². The minimum atomic E-state index is -4.41. The SMILES string of the molecule is O=S(=O)(CCO)CCCNCCOS(=O)(=O)O. The molecule has 0 atom stereocenters. The molecule has 3 N–H and O–H groups in total. The van der Waals surface area contributed by atoms with Crippen molar-refractivity contribution in [2.45, 2.75) is 6.42 Å². The fourth-order valence-electron chi connectivity index (χ4n) is 1.00. The number of rotatable bonds is 10. The molecular formula is C7H17NO7S2. The molecule has 0 saturated heterocycles. The van der Waals surface area contributed by atoms with E-state index in [0.717, 1.165) is 0 Å². The molecule has 0 saturated carbocycles. The topological polar surface area (TPSA) is 130 Å². The molecule has 0 bridgehead atoms. The number of hydrogen-bond acceptors (Lipinski definition) is 7. The number of aliphatic hydroxyl groups is 1. The fraction of sp³-hybridized carbons (Fsp3) is 1.00. The van der Waals surface area contributed by atoms with Gasteiger partial charge in [-0.3, -0.25) is 4.55 Å². The normalized spacial score (nSPS) is 12.8. The minimum Gasteiger partial charge on any atom is -0.395 e. The van der Waals surface area contributed by atoms with Crippen molar-refractivity contribution >= 4 is 20.2 Å². The summed E-state index contributed by atoms with van der Waals surface area (Å²) in [5.41, 5.74) is 0. The first-order valence-corrected chi connectivity index (χ1v) is 8.09. The van der Waals surface area contributed by atoms with Gasteiger partial charge in [-0.15, -0.1) is 0 Å². The highest BCUT2D eigenvalue weighted by molar-refractivity contribution is 7.91. The second-order valence-electron chi connectivity index (χ2n) is 3.23. The standard InChI is InChI=1S/C7H17NO7S2/c9-4-7-16(10,11)6-1-2-8-3-5-15-17(12,13)14/h8-9H,1-7H2,(H,12,13,14). The molecular weight excluding hydrogens is 274 g/mol. The number of nitrogens with one attached hydrogen (secondary N) is 1. The summed E-state index contributed by atoms with van der Waals surface area (Å²) in [7, 11) is -7.62. The predicted molar refractivity (Wildman–Crippen MR) is 60.7 cm³/mol. The van der Waals surface area contributed by atoms with Crippen LogP contribution >= 0.6 is 0 Å². The van der Waals surface area contributed by atoms with Gasteiger partial charge in [0.15, 0.2) is 9.84 Å². The van der Waals surface area contributed by atoms with Crippen LogP contribution in [-0.2, 0) is 24.4 Å². The third-order valence-corrected chi connectivity index (χ3v) is 3.90. The van der Waals surface area contributed by atoms with Crippen molar-refractivity contribution in [3.8, 4) is 0 Å². The fourth-order valence-corrected chi connectivity index (χ4v) is 2.36. The Morgan fingerprint density at radius 3 is 2.24 bits per heavy atom. The number of aliphatic hydroxyl groups excluding tert-OH is 1. The molecule has 0 aromatic heterocycles. The highest BCUT2D eigenvalue weighted by atomic mass is 32.3. The van der Waals surface area contributed by atoms with Gasteiger partial charge in [-0.25, -0.2) is 12.6 Å². The molecule has 0 fully saturated rings. The van der Waals surface area contributed by atoms with Gasteiger partial charge in [0.25, 0.3) is 0 Å². The van der Waals surface area contributed by atoms with Crippen molar-refractivity contribution in [2.24, 2.45) is 0 Å². The van der Waals surface area contributed by atoms with E-state index >= 15 is 0 Å². The predicted octanol–water partition coefficient (Wildman–Crippen LogP) is -1.81. The van der Waals surface area contributed by atoms with Gasteiger partial charge in [-0.05, 0) is 13.0 Å². The second-order valence-corrected chi connectivity index (χ2v) is 6.62. The Hall–Kier alpha value is -0.260. The van der Waals surface area contributed by atoms with Crippen LogP contribution in [-0.4, -0.2) is 64.3 Å². The molecule has 8 nitrogen and oxygen atoms in total. The Bertz CT molecular complexity index is 388. The lowest BCUT2D eigenvalue weighted by Gasteiger charge is -2.04. The molecule has 0 aliphatic heterocycles. The first-order chi connectivity index (χ1) is 7.77. The van der Waals surface area contributed by atoms with E-state index < -0.39 is 26.8 Å². The van der Waals surface area contributed by atoms with Gasteiger partial charge in [-0.1, -0.05) is 0 Å². The van der Waals surface area contributed by atoms with Crippen LogP contribution < -0.4 is 5.32 Å². The van der Waals surface area contributed by atoms with Crippen LogP contribution in [0.5, 0.6) is 0 Å². The van der Waals surface area contributed by atoms with Crippen LogP contribution in [0.3, 0.4) is 0 Å². The van der Waals surface area contributed by atoms with Crippen molar-refractivity contribution < 1.29 is 30.7 Å². The van der Waals surface area contributed by atoms with Gasteiger partial charge in [0.1, 0.15) is 0 Å². The van der Waals surface area contributed by atoms with Crippen LogP contribution in [0.25, 0.3) is 0 Å². The van der Waals surface area contributed by atoms with Gasteiger partial charge >= 0.3 is 10.4 Å². The summed E-state index contributed by atoms with van der Waals surface area (Å²) in [4.78, 5) is 0. The molecule has 0 aromatic rings. The molecule has 0 spiro atoms. The third-order valence-electron chi connectivity index (χ3n) is 1.72. The summed E-state index contributed by atoms with van der Waals surface area (Å²) in [6.45, 7) is -0.0560. The number of sulfone groups is 1. The van der Waals surface area contributed by atoms with Gasteiger partial charge in [-0.2, -0.15) is 8.42 Å². The monoisotopic (exact) mass is 291 g/mol. The Labute approximate surface area is 101 Å². The van der Waals surface area contributed by atoms with Gasteiger partial charge in [0.05, 0.1) is 24.7 Å². The second kappa shape index (κ2) is 7.95. The maximum Gasteiger partial charge on any atom is 0.397 e. The molecule has 0 rings (SSSR count). The first kappa shape index (κ1) is 16.7. The van der Waals surface area contributed by atoms with Crippen molar-refractivity contribution in [2.75, 3.05) is 37.8 Å². The van der Waals surface area contributed by atoms with Crippen molar-refractivity contribution in [3.05, 3.63) is 0 Å². The van der Waals surface area contributed by atoms with Crippen LogP contribution in [0, 0.1) is 0 Å². The van der Waals surface area contributed by atoms with Crippen molar-refractivity contribution in [3.63, 3.8) is 0 Å². The Kier molecular flexibility index (Phi) is 7.83. The van der Waals surface area contributed by atoms with E-state index in [9.17, 15) is 16.8 Å². The van der Waals surface area contributed by atoms with Crippen LogP contribution in [0.4, 0.5) is 0 Å². The van der Waals surface area contributed by atoms with E-state index in [-0.39, 0.29) is 24.7 Å². The summed E-state index contributed by atoms with van der Waals surface area (Å²) >= 11 is 0. The zero-order valence-corrected chi connectivity index (χ0v) is 10.8. The maximum absolute atomic E-state index is 11.1. The van der Waals surface area contributed by atoms with E-state index in [1.54, 1.807) is 0 Å². The van der Waals surface area contributed by atoms with Crippen molar-refractivity contribution in [1.82, 2.24) is 5.32 Å². The Morgan fingerprint density at radius 1 is 1.06 bits per heavy atom. The van der Waals surface area contributed by atoms with Crippen LogP contribution in [0.2, 0.25) is 0 Å². The van der Waals surface area contributed by atoms with Gasteiger partial charge in [0, 0.05) is 6.54 Å². The average Bonchev–Trinajstić information content (AvgIpc) is 2.14. The largest absolute Gasteiger partial charge is 0.397 e. The van der Waals surface area contributed by atoms with Crippen LogP contribution in [0.1, 0.15) is 6.42 Å². The summed E-state index contributed by atoms with van der Waals surface area (Å²) < 4.78 is 54.7. The van der Waals surface area contributed by atoms with Gasteiger partial charge < -0.3 is 10.4 Å². The molecule has 10 heteroatoms. The summed E-state index contributed by atoms with van der Waals surface area (Å²) in [5, 5.41) is 11.2. The van der Waals surface area contributed by atoms with E-state index in [1.165, 1.54) is 0 Å². The molecule has 104 valence electrons. The van der Waals surface area contributed by atoms with E-state index in [4.69, 9.17) is 9.66 Å². The summed E-state index contributed by atoms with van der Waals surface area (Å²) in [6, 6.07) is 0. The average molecular weight is 291 g/mol. The Balaban J connectivity index is 3.48. The van der Waals surface area contributed by atoms with E-state index in [0.29, 0.717) is 13.0 Å². The third kappa shape index (κ3) is 12.0. The molecule has 0 aliphatic carbocycles. The lowest BCUT2D eigenvalue weighted by atomic mass is 10.5. The van der Waals surface area contributed by atoms with Gasteiger partial charge in [0.2, 0.25) is 0 Å². The lowest BCUT2D eigenvalue weighted by Crippen LogP contribution is -2.24. The van der Waals surface area contributed by atoms with Crippen molar-refractivity contribution in [1.29, 1.82) is 0 Å². The zero-order valence-electron chi connectivity index (χ0n) is 9.20. The Morgan fingerprint density at radius 2 is 1.71 bits per heavy atom. The summed E-state index contributed by atoms with van der Waals surface area (Å²) in [6.07, 6.45) is 0.355. The smallest absolute Gasteiger partial charge is 0.395 e. The quantitative estimate of drug-likeness (QED) is 0.317. The highest BCUT2D eigenvalue weighted by Crippen LogP contribution is 1.92. The highest BCUT2D eigenvalue weighted by Gasteiger charge is 2.08. The maximum atomic E-state index is 11.1. The molecule has 0 aliphatic rings. The molecule has 0 radical (unpaired) electrons. The molecule has 0 aromatic carbocycles. The summed E-state index contributed by atoms with van der Waals surface area (Å²) in [5.74, 6) is -0.293.